The van der Waals surface area contributed by atoms with Crippen LogP contribution in [0.5, 0.6) is 0 Å². The van der Waals surface area contributed by atoms with Gasteiger partial charge in [0, 0.05) is 25.3 Å². The number of carbonyl (C=O) groups is 1. The van der Waals surface area contributed by atoms with Gasteiger partial charge in [-0.3, -0.25) is 0 Å². The minimum absolute atomic E-state index is 0.138. The van der Waals surface area contributed by atoms with Crippen molar-refractivity contribution in [1.29, 1.82) is 5.26 Å². The van der Waals surface area contributed by atoms with Gasteiger partial charge in [-0.25, -0.2) is 13.8 Å². The molecule has 0 unspecified atom stereocenters. The topological polar surface area (TPSA) is 105 Å². The van der Waals surface area contributed by atoms with Crippen molar-refractivity contribution < 1.29 is 17.9 Å². The lowest BCUT2D eigenvalue weighted by molar-refractivity contribution is 0.0468. The predicted octanol–water partition coefficient (Wildman–Crippen LogP) is 1.42. The van der Waals surface area contributed by atoms with Gasteiger partial charge in [-0.05, 0) is 24.3 Å². The van der Waals surface area contributed by atoms with Crippen LogP contribution in [0, 0.1) is 11.3 Å². The van der Waals surface area contributed by atoms with Gasteiger partial charge in [0.05, 0.1) is 11.3 Å². The molecule has 0 aliphatic heterocycles. The maximum Gasteiger partial charge on any atom is 0.338 e. The predicted molar refractivity (Wildman–Crippen MR) is 85.5 cm³/mol. The Morgan fingerprint density at radius 1 is 1.38 bits per heavy atom. The van der Waals surface area contributed by atoms with Crippen LogP contribution < -0.4 is 0 Å². The molecule has 8 nitrogen and oxygen atoms in total. The minimum Gasteiger partial charge on any atom is -0.456 e. The fourth-order valence-corrected chi connectivity index (χ4v) is 2.75. The van der Waals surface area contributed by atoms with Crippen LogP contribution in [0.4, 0.5) is 0 Å². The summed E-state index contributed by atoms with van der Waals surface area (Å²) < 4.78 is 30.9. The Balaban J connectivity index is 2.17. The number of nitriles is 1. The van der Waals surface area contributed by atoms with Crippen LogP contribution >= 0.6 is 11.6 Å². The van der Waals surface area contributed by atoms with E-state index in [1.54, 1.807) is 18.2 Å². The van der Waals surface area contributed by atoms with E-state index in [1.165, 1.54) is 26.2 Å². The van der Waals surface area contributed by atoms with Gasteiger partial charge in [-0.1, -0.05) is 11.6 Å². The van der Waals surface area contributed by atoms with Crippen molar-refractivity contribution in [3.05, 3.63) is 52.6 Å². The van der Waals surface area contributed by atoms with E-state index in [0.29, 0.717) is 10.6 Å². The van der Waals surface area contributed by atoms with Crippen LogP contribution in [0.2, 0.25) is 5.02 Å². The number of halogens is 1. The van der Waals surface area contributed by atoms with E-state index in [1.807, 2.05) is 0 Å². The van der Waals surface area contributed by atoms with Gasteiger partial charge in [0.1, 0.15) is 12.7 Å². The number of benzene rings is 1. The summed E-state index contributed by atoms with van der Waals surface area (Å²) in [6.07, 6.45) is 1.14. The summed E-state index contributed by atoms with van der Waals surface area (Å²) in [5.41, 5.74) is 0.430. The average molecular weight is 369 g/mol. The molecule has 24 heavy (non-hydrogen) atoms. The standard InChI is InChI=1S/C14H13ClN4O4S/c1-18(2)24(21,22)19-8-12(17-13(19)7-16)9-23-14(20)10-3-5-11(15)6-4-10/h3-6,8H,9H2,1-2H3. The zero-order chi connectivity index (χ0) is 17.9. The maximum atomic E-state index is 12.1. The average Bonchev–Trinajstić information content (AvgIpc) is 2.97. The van der Waals surface area contributed by atoms with Crippen LogP contribution in [0.15, 0.2) is 30.5 Å². The van der Waals surface area contributed by atoms with E-state index in [9.17, 15) is 13.2 Å². The number of aromatic nitrogens is 2. The number of ether oxygens (including phenoxy) is 1. The normalized spacial score (nSPS) is 11.3. The molecule has 10 heteroatoms. The van der Waals surface area contributed by atoms with E-state index in [2.05, 4.69) is 4.98 Å². The molecule has 0 fully saturated rings. The molecule has 0 N–H and O–H groups in total. The van der Waals surface area contributed by atoms with Gasteiger partial charge < -0.3 is 4.74 Å². The zero-order valence-corrected chi connectivity index (χ0v) is 14.4. The molecule has 1 aromatic carbocycles. The molecule has 0 spiro atoms. The number of rotatable bonds is 5. The van der Waals surface area contributed by atoms with Crippen molar-refractivity contribution in [1.82, 2.24) is 13.3 Å². The summed E-state index contributed by atoms with van der Waals surface area (Å²) in [5, 5.41) is 9.51. The van der Waals surface area contributed by atoms with Crippen LogP contribution in [-0.4, -0.2) is 41.7 Å². The molecular weight excluding hydrogens is 356 g/mol. The second-order valence-corrected chi connectivity index (χ2v) is 7.29. The van der Waals surface area contributed by atoms with Crippen molar-refractivity contribution >= 4 is 27.8 Å². The second kappa shape index (κ2) is 7.00. The highest BCUT2D eigenvalue weighted by Gasteiger charge is 2.22. The Morgan fingerprint density at radius 2 is 2.00 bits per heavy atom. The van der Waals surface area contributed by atoms with Crippen LogP contribution in [0.25, 0.3) is 0 Å². The van der Waals surface area contributed by atoms with Crippen LogP contribution in [0.1, 0.15) is 21.9 Å². The molecule has 1 aromatic heterocycles. The van der Waals surface area contributed by atoms with Crippen molar-refractivity contribution in [3.63, 3.8) is 0 Å². The van der Waals surface area contributed by atoms with Gasteiger partial charge >= 0.3 is 16.2 Å². The molecule has 0 saturated heterocycles. The number of hydrogen-bond donors (Lipinski definition) is 0. The quantitative estimate of drug-likeness (QED) is 0.739. The monoisotopic (exact) mass is 368 g/mol. The number of hydrogen-bond acceptors (Lipinski definition) is 6. The van der Waals surface area contributed by atoms with E-state index in [-0.39, 0.29) is 18.1 Å². The van der Waals surface area contributed by atoms with Crippen molar-refractivity contribution in [2.45, 2.75) is 6.61 Å². The van der Waals surface area contributed by atoms with Crippen LogP contribution in [0.3, 0.4) is 0 Å². The van der Waals surface area contributed by atoms with E-state index in [4.69, 9.17) is 21.6 Å². The van der Waals surface area contributed by atoms with E-state index >= 15 is 0 Å². The first kappa shape index (κ1) is 17.9. The maximum absolute atomic E-state index is 12.1. The molecule has 0 atom stereocenters. The summed E-state index contributed by atoms with van der Waals surface area (Å²) in [7, 11) is -1.22. The lowest BCUT2D eigenvalue weighted by Crippen LogP contribution is -2.29. The molecule has 0 aliphatic carbocycles. The lowest BCUT2D eigenvalue weighted by Gasteiger charge is -2.11. The van der Waals surface area contributed by atoms with Gasteiger partial charge in [-0.15, -0.1) is 0 Å². The highest BCUT2D eigenvalue weighted by Crippen LogP contribution is 2.13. The Kier molecular flexibility index (Phi) is 5.23. The summed E-state index contributed by atoms with van der Waals surface area (Å²) in [4.78, 5) is 15.8. The Morgan fingerprint density at radius 3 is 2.54 bits per heavy atom. The Labute approximate surface area is 144 Å². The zero-order valence-electron chi connectivity index (χ0n) is 12.8. The molecule has 0 saturated carbocycles. The number of imidazole rings is 1. The van der Waals surface area contributed by atoms with Gasteiger partial charge in [0.2, 0.25) is 5.82 Å². The summed E-state index contributed by atoms with van der Waals surface area (Å²) in [6.45, 7) is -0.272. The highest BCUT2D eigenvalue weighted by molar-refractivity contribution is 7.87. The summed E-state index contributed by atoms with van der Waals surface area (Å²) >= 11 is 5.74. The first-order valence-corrected chi connectivity index (χ1v) is 8.37. The Hall–Kier alpha value is -2.41. The first-order chi connectivity index (χ1) is 11.3. The van der Waals surface area contributed by atoms with Crippen LogP contribution in [-0.2, 0) is 21.6 Å². The molecule has 0 aliphatic rings. The fraction of sp³-hybridized carbons (Fsp3) is 0.214. The smallest absolute Gasteiger partial charge is 0.338 e. The molecule has 2 rings (SSSR count). The fourth-order valence-electron chi connectivity index (χ4n) is 1.72. The molecule has 126 valence electrons. The lowest BCUT2D eigenvalue weighted by atomic mass is 10.2. The van der Waals surface area contributed by atoms with E-state index < -0.39 is 16.2 Å². The third kappa shape index (κ3) is 3.73. The van der Waals surface area contributed by atoms with Crippen molar-refractivity contribution in [3.8, 4) is 6.07 Å². The largest absolute Gasteiger partial charge is 0.456 e. The Bertz CT molecular complexity index is 898. The van der Waals surface area contributed by atoms with Gasteiger partial charge in [0.25, 0.3) is 0 Å². The first-order valence-electron chi connectivity index (χ1n) is 6.60. The number of carbonyl (C=O) groups excluding carboxylic acids is 1. The summed E-state index contributed by atoms with van der Waals surface area (Å²) in [6, 6.07) is 7.79. The van der Waals surface area contributed by atoms with Gasteiger partial charge in [-0.2, -0.15) is 18.0 Å². The molecule has 0 radical (unpaired) electrons. The van der Waals surface area contributed by atoms with Gasteiger partial charge in [0.15, 0.2) is 0 Å². The molecule has 0 bridgehead atoms. The SMILES string of the molecule is CN(C)S(=O)(=O)n1cc(COC(=O)c2ccc(Cl)cc2)nc1C#N. The molecular formula is C14H13ClN4O4S. The second-order valence-electron chi connectivity index (χ2n) is 4.84. The third-order valence-corrected chi connectivity index (χ3v) is 4.92. The molecule has 1 heterocycles. The van der Waals surface area contributed by atoms with E-state index in [0.717, 1.165) is 14.5 Å². The molecule has 2 aromatic rings. The molecule has 0 amide bonds. The highest BCUT2D eigenvalue weighted by atomic mass is 35.5. The van der Waals surface area contributed by atoms with Crippen molar-refractivity contribution in [2.75, 3.05) is 14.1 Å². The van der Waals surface area contributed by atoms with Crippen molar-refractivity contribution in [2.24, 2.45) is 0 Å². The number of nitrogens with zero attached hydrogens (tertiary/aromatic N) is 4. The minimum atomic E-state index is -3.88. The summed E-state index contributed by atoms with van der Waals surface area (Å²) in [5.74, 6) is -0.934. The number of esters is 1. The third-order valence-electron chi connectivity index (χ3n) is 2.97.